The molecule has 1 N–H and O–H groups in total. The van der Waals surface area contributed by atoms with Crippen LogP contribution >= 0.6 is 0 Å². The molecule has 1 aliphatic rings. The summed E-state index contributed by atoms with van der Waals surface area (Å²) in [7, 11) is 0. The number of aliphatic hydroxyl groups excluding tert-OH is 1. The Morgan fingerprint density at radius 2 is 1.80 bits per heavy atom. The molecule has 0 saturated carbocycles. The first kappa shape index (κ1) is 22.4. The lowest BCUT2D eigenvalue weighted by Gasteiger charge is -2.46. The number of hydrogen-bond acceptors (Lipinski definition) is 2. The second-order valence-corrected chi connectivity index (χ2v) is 8.78. The molecule has 30 heavy (non-hydrogen) atoms. The van der Waals surface area contributed by atoms with Gasteiger partial charge in [0, 0.05) is 31.2 Å². The number of benzene rings is 2. The molecule has 3 nitrogen and oxygen atoms in total. The Kier molecular flexibility index (Phi) is 6.91. The molecule has 1 fully saturated rings. The number of amides is 1. The fourth-order valence-corrected chi connectivity index (χ4v) is 4.64. The van der Waals surface area contributed by atoms with Crippen LogP contribution in [0.15, 0.2) is 42.5 Å². The smallest absolute Gasteiger partial charge is 0.223 e. The maximum Gasteiger partial charge on any atom is 0.223 e. The fourth-order valence-electron chi connectivity index (χ4n) is 4.64. The summed E-state index contributed by atoms with van der Waals surface area (Å²) in [6.07, 6.45) is 3.03. The summed E-state index contributed by atoms with van der Waals surface area (Å²) in [4.78, 5) is 15.0. The molecule has 2 aromatic rings. The van der Waals surface area contributed by atoms with E-state index in [2.05, 4.69) is 13.8 Å². The fraction of sp³-hybridized carbons (Fsp3) is 0.480. The van der Waals surface area contributed by atoms with Crippen LogP contribution in [0.1, 0.15) is 58.1 Å². The Bertz CT molecular complexity index is 881. The number of halogens is 2. The lowest BCUT2D eigenvalue weighted by atomic mass is 9.67. The summed E-state index contributed by atoms with van der Waals surface area (Å²) in [5.74, 6) is -0.652. The van der Waals surface area contributed by atoms with E-state index in [4.69, 9.17) is 0 Å². The Labute approximate surface area is 177 Å². The van der Waals surface area contributed by atoms with Gasteiger partial charge in [-0.1, -0.05) is 38.1 Å². The molecule has 0 aliphatic carbocycles. The molecule has 2 atom stereocenters. The molecule has 1 aliphatic heterocycles. The van der Waals surface area contributed by atoms with Crippen molar-refractivity contribution in [3.63, 3.8) is 0 Å². The Morgan fingerprint density at radius 3 is 2.37 bits per heavy atom. The summed E-state index contributed by atoms with van der Waals surface area (Å²) in [6, 6.07) is 10.9. The zero-order chi connectivity index (χ0) is 21.9. The first-order valence-electron chi connectivity index (χ1n) is 10.7. The van der Waals surface area contributed by atoms with Crippen molar-refractivity contribution >= 4 is 5.91 Å². The zero-order valence-corrected chi connectivity index (χ0v) is 18.0. The average Bonchev–Trinajstić information content (AvgIpc) is 2.72. The molecule has 0 spiro atoms. The standard InChI is InChI=1S/C25H31F2NO2/c1-17(2)25(11-4-14-29)12-13-28(24(30)16-25)18(3)19-5-7-20(8-6-19)22-10-9-21(26)15-23(22)27/h5-10,15,17-18,29H,4,11-14,16H2,1-3H3/t18-,25-/m0/s1. The molecule has 1 saturated heterocycles. The summed E-state index contributed by atoms with van der Waals surface area (Å²) in [5.41, 5.74) is 1.98. The van der Waals surface area contributed by atoms with E-state index in [1.807, 2.05) is 36.1 Å². The van der Waals surface area contributed by atoms with E-state index in [-0.39, 0.29) is 24.0 Å². The van der Waals surface area contributed by atoms with Crippen LogP contribution in [-0.4, -0.2) is 29.1 Å². The molecule has 162 valence electrons. The van der Waals surface area contributed by atoms with Crippen molar-refractivity contribution in [1.29, 1.82) is 0 Å². The molecule has 1 amide bonds. The van der Waals surface area contributed by atoms with Crippen molar-refractivity contribution in [3.8, 4) is 11.1 Å². The third-order valence-corrected chi connectivity index (χ3v) is 6.83. The molecule has 0 bridgehead atoms. The first-order valence-corrected chi connectivity index (χ1v) is 10.7. The number of rotatable bonds is 7. The molecule has 3 rings (SSSR count). The van der Waals surface area contributed by atoms with Gasteiger partial charge in [-0.3, -0.25) is 4.79 Å². The first-order chi connectivity index (χ1) is 14.3. The van der Waals surface area contributed by atoms with Crippen LogP contribution in [0, 0.1) is 23.0 Å². The van der Waals surface area contributed by atoms with Crippen LogP contribution in [0.4, 0.5) is 8.78 Å². The van der Waals surface area contributed by atoms with E-state index in [0.717, 1.165) is 30.9 Å². The van der Waals surface area contributed by atoms with Gasteiger partial charge in [-0.05, 0) is 60.8 Å². The second kappa shape index (κ2) is 9.25. The summed E-state index contributed by atoms with van der Waals surface area (Å²) in [5, 5.41) is 9.25. The third-order valence-electron chi connectivity index (χ3n) is 6.83. The van der Waals surface area contributed by atoms with E-state index in [0.29, 0.717) is 30.0 Å². The number of hydrogen-bond donors (Lipinski definition) is 1. The lowest BCUT2D eigenvalue weighted by Crippen LogP contribution is -2.47. The van der Waals surface area contributed by atoms with Gasteiger partial charge in [0.25, 0.3) is 0 Å². The molecule has 1 heterocycles. The maximum absolute atomic E-state index is 14.1. The quantitative estimate of drug-likeness (QED) is 0.627. The van der Waals surface area contributed by atoms with Crippen molar-refractivity contribution in [2.24, 2.45) is 11.3 Å². The summed E-state index contributed by atoms with van der Waals surface area (Å²) < 4.78 is 27.2. The van der Waals surface area contributed by atoms with E-state index in [1.54, 1.807) is 0 Å². The van der Waals surface area contributed by atoms with Crippen LogP contribution in [0.3, 0.4) is 0 Å². The Balaban J connectivity index is 1.74. The SMILES string of the molecule is CC(C)[C@@]1(CCCO)CCN([C@@H](C)c2ccc(-c3ccc(F)cc3F)cc2)C(=O)C1. The highest BCUT2D eigenvalue weighted by Crippen LogP contribution is 2.44. The largest absolute Gasteiger partial charge is 0.396 e. The maximum atomic E-state index is 14.1. The van der Waals surface area contributed by atoms with E-state index in [1.165, 1.54) is 12.1 Å². The van der Waals surface area contributed by atoms with Crippen molar-refractivity contribution in [3.05, 3.63) is 59.7 Å². The minimum absolute atomic E-state index is 0.0417. The number of aliphatic hydroxyl groups is 1. The molecule has 2 aromatic carbocycles. The predicted octanol–water partition coefficient (Wildman–Crippen LogP) is 5.73. The highest BCUT2D eigenvalue weighted by molar-refractivity contribution is 5.78. The normalized spacial score (nSPS) is 20.6. The van der Waals surface area contributed by atoms with E-state index >= 15 is 0 Å². The number of carbonyl (C=O) groups excluding carboxylic acids is 1. The molecular formula is C25H31F2NO2. The molecule has 5 heteroatoms. The number of nitrogens with zero attached hydrogens (tertiary/aromatic N) is 1. The van der Waals surface area contributed by atoms with E-state index < -0.39 is 11.6 Å². The monoisotopic (exact) mass is 415 g/mol. The van der Waals surface area contributed by atoms with Crippen LogP contribution < -0.4 is 0 Å². The summed E-state index contributed by atoms with van der Waals surface area (Å²) in [6.45, 7) is 7.19. The van der Waals surface area contributed by atoms with Crippen LogP contribution in [0.25, 0.3) is 11.1 Å². The van der Waals surface area contributed by atoms with Gasteiger partial charge in [-0.15, -0.1) is 0 Å². The Morgan fingerprint density at radius 1 is 1.10 bits per heavy atom. The van der Waals surface area contributed by atoms with Gasteiger partial charge >= 0.3 is 0 Å². The minimum atomic E-state index is -0.596. The van der Waals surface area contributed by atoms with Crippen molar-refractivity contribution < 1.29 is 18.7 Å². The lowest BCUT2D eigenvalue weighted by molar-refractivity contribution is -0.143. The van der Waals surface area contributed by atoms with Crippen LogP contribution in [0.5, 0.6) is 0 Å². The Hall–Kier alpha value is -2.27. The number of piperidine rings is 1. The highest BCUT2D eigenvalue weighted by atomic mass is 19.1. The molecule has 0 radical (unpaired) electrons. The molecule has 0 unspecified atom stereocenters. The van der Waals surface area contributed by atoms with Gasteiger partial charge in [0.05, 0.1) is 6.04 Å². The van der Waals surface area contributed by atoms with Crippen LogP contribution in [0.2, 0.25) is 0 Å². The van der Waals surface area contributed by atoms with Crippen molar-refractivity contribution in [2.75, 3.05) is 13.2 Å². The third kappa shape index (κ3) is 4.56. The number of carbonyl (C=O) groups is 1. The average molecular weight is 416 g/mol. The molecule has 0 aromatic heterocycles. The van der Waals surface area contributed by atoms with E-state index in [9.17, 15) is 18.7 Å². The molecular weight excluding hydrogens is 384 g/mol. The topological polar surface area (TPSA) is 40.5 Å². The van der Waals surface area contributed by atoms with Gasteiger partial charge < -0.3 is 10.0 Å². The van der Waals surface area contributed by atoms with Gasteiger partial charge in [-0.2, -0.15) is 0 Å². The highest BCUT2D eigenvalue weighted by Gasteiger charge is 2.41. The minimum Gasteiger partial charge on any atom is -0.396 e. The van der Waals surface area contributed by atoms with Crippen molar-refractivity contribution in [1.82, 2.24) is 4.90 Å². The van der Waals surface area contributed by atoms with Gasteiger partial charge in [0.2, 0.25) is 5.91 Å². The zero-order valence-electron chi connectivity index (χ0n) is 18.0. The van der Waals surface area contributed by atoms with Gasteiger partial charge in [-0.25, -0.2) is 8.78 Å². The number of likely N-dealkylation sites (tertiary alicyclic amines) is 1. The van der Waals surface area contributed by atoms with Crippen LogP contribution in [-0.2, 0) is 4.79 Å². The van der Waals surface area contributed by atoms with Crippen molar-refractivity contribution in [2.45, 2.75) is 52.5 Å². The predicted molar refractivity (Wildman–Crippen MR) is 115 cm³/mol. The van der Waals surface area contributed by atoms with Gasteiger partial charge in [0.15, 0.2) is 0 Å². The van der Waals surface area contributed by atoms with Gasteiger partial charge in [0.1, 0.15) is 11.6 Å². The second-order valence-electron chi connectivity index (χ2n) is 8.78. The summed E-state index contributed by atoms with van der Waals surface area (Å²) >= 11 is 0.